The molecule has 0 rings (SSSR count). The average molecular weight is 128 g/mol. The third-order valence-corrected chi connectivity index (χ3v) is 0.570. The molecule has 3 nitrogen and oxygen atoms in total. The summed E-state index contributed by atoms with van der Waals surface area (Å²) >= 11 is 0. The van der Waals surface area contributed by atoms with E-state index in [9.17, 15) is 0 Å². The van der Waals surface area contributed by atoms with Gasteiger partial charge >= 0.3 is 29.6 Å². The number of hydrogen-bond donors (Lipinski definition) is 2. The Labute approximate surface area is 71.8 Å². The van der Waals surface area contributed by atoms with Gasteiger partial charge in [-0.25, -0.2) is 0 Å². The molecule has 0 heterocycles. The first kappa shape index (κ1) is 11.7. The van der Waals surface area contributed by atoms with Gasteiger partial charge in [-0.05, 0) is 0 Å². The molecule has 0 aromatic carbocycles. The molecular formula is C3H10BNaO3. The van der Waals surface area contributed by atoms with Crippen LogP contribution in [0, 0.1) is 0 Å². The third-order valence-electron chi connectivity index (χ3n) is 0.570. The summed E-state index contributed by atoms with van der Waals surface area (Å²) in [5, 5.41) is 16.6. The summed E-state index contributed by atoms with van der Waals surface area (Å²) in [7, 11) is 1.47. The monoisotopic (exact) mass is 128 g/mol. The minimum absolute atomic E-state index is 0. The van der Waals surface area contributed by atoms with Crippen molar-refractivity contribution in [2.45, 2.75) is 6.10 Å². The minimum atomic E-state index is -0.718. The first-order valence-electron chi connectivity index (χ1n) is 2.09. The van der Waals surface area contributed by atoms with Crippen LogP contribution in [-0.2, 0) is 4.65 Å². The Hall–Kier alpha value is 0.945. The first-order valence-corrected chi connectivity index (χ1v) is 2.09. The molecule has 2 N–H and O–H groups in total. The van der Waals surface area contributed by atoms with E-state index >= 15 is 0 Å². The van der Waals surface area contributed by atoms with Gasteiger partial charge in [-0.1, -0.05) is 0 Å². The van der Waals surface area contributed by atoms with Crippen molar-refractivity contribution < 1.29 is 14.9 Å². The van der Waals surface area contributed by atoms with Gasteiger partial charge in [0.2, 0.25) is 0 Å². The number of aliphatic hydroxyl groups is 2. The molecule has 5 heteroatoms. The zero-order valence-electron chi connectivity index (χ0n) is 4.29. The summed E-state index contributed by atoms with van der Waals surface area (Å²) in [6, 6.07) is 0. The predicted molar refractivity (Wildman–Crippen MR) is 34.7 cm³/mol. The predicted octanol–water partition coefficient (Wildman–Crippen LogP) is -2.74. The van der Waals surface area contributed by atoms with Crippen LogP contribution in [0.15, 0.2) is 0 Å². The Morgan fingerprint density at radius 2 is 2.12 bits per heavy atom. The second kappa shape index (κ2) is 7.94. The van der Waals surface area contributed by atoms with Gasteiger partial charge in [0.1, 0.15) is 0 Å². The Kier molecular flexibility index (Phi) is 11.6. The van der Waals surface area contributed by atoms with Gasteiger partial charge in [-0.3, -0.25) is 0 Å². The van der Waals surface area contributed by atoms with Gasteiger partial charge in [0, 0.05) is 0 Å². The normalized spacial score (nSPS) is 12.2. The van der Waals surface area contributed by atoms with Crippen LogP contribution in [0.25, 0.3) is 0 Å². The molecule has 0 aromatic heterocycles. The van der Waals surface area contributed by atoms with Crippen molar-refractivity contribution in [3.8, 4) is 0 Å². The molecule has 8 heavy (non-hydrogen) atoms. The molecule has 0 amide bonds. The summed E-state index contributed by atoms with van der Waals surface area (Å²) in [5.41, 5.74) is 0. The molecule has 44 valence electrons. The molecule has 0 aliphatic heterocycles. The van der Waals surface area contributed by atoms with Crippen LogP contribution in [-0.4, -0.2) is 67.1 Å². The summed E-state index contributed by atoms with van der Waals surface area (Å²) in [6.45, 7) is -0.0235. The van der Waals surface area contributed by atoms with Crippen LogP contribution in [0.4, 0.5) is 0 Å². The van der Waals surface area contributed by atoms with Crippen molar-refractivity contribution in [1.82, 2.24) is 0 Å². The molecule has 1 unspecified atom stereocenters. The average Bonchev–Trinajstić information content (AvgIpc) is 1.68. The van der Waals surface area contributed by atoms with Crippen molar-refractivity contribution in [2.75, 3.05) is 13.2 Å². The molecule has 0 saturated heterocycles. The first-order chi connectivity index (χ1) is 3.31. The Morgan fingerprint density at radius 3 is 2.25 bits per heavy atom. The maximum atomic E-state index is 8.48. The van der Waals surface area contributed by atoms with E-state index in [0.29, 0.717) is 0 Å². The molecule has 0 aliphatic carbocycles. The molecule has 0 aliphatic rings. The van der Waals surface area contributed by atoms with Crippen molar-refractivity contribution in [3.05, 3.63) is 0 Å². The molecule has 0 saturated carbocycles. The fourth-order valence-electron chi connectivity index (χ4n) is 0.245. The van der Waals surface area contributed by atoms with Gasteiger partial charge in [0.25, 0.3) is 8.05 Å². The molecule has 0 radical (unpaired) electrons. The zero-order chi connectivity index (χ0) is 5.70. The van der Waals surface area contributed by atoms with Gasteiger partial charge < -0.3 is 14.9 Å². The fourth-order valence-corrected chi connectivity index (χ4v) is 0.245. The van der Waals surface area contributed by atoms with Crippen LogP contribution < -0.4 is 0 Å². The summed E-state index contributed by atoms with van der Waals surface area (Å²) in [6.07, 6.45) is -0.718. The van der Waals surface area contributed by atoms with E-state index in [1.54, 1.807) is 0 Å². The van der Waals surface area contributed by atoms with Crippen LogP contribution in [0.5, 0.6) is 0 Å². The van der Waals surface area contributed by atoms with Crippen molar-refractivity contribution in [2.24, 2.45) is 0 Å². The van der Waals surface area contributed by atoms with Gasteiger partial charge in [-0.2, -0.15) is 0 Å². The molecule has 0 spiro atoms. The molecule has 0 fully saturated rings. The Balaban J connectivity index is 0. The van der Waals surface area contributed by atoms with Crippen molar-refractivity contribution >= 4 is 37.6 Å². The quantitative estimate of drug-likeness (QED) is 0.405. The Morgan fingerprint density at radius 1 is 1.62 bits per heavy atom. The number of aliphatic hydroxyl groups excluding tert-OH is 2. The van der Waals surface area contributed by atoms with E-state index < -0.39 is 6.10 Å². The van der Waals surface area contributed by atoms with Crippen LogP contribution >= 0.6 is 0 Å². The zero-order valence-corrected chi connectivity index (χ0v) is 4.29. The van der Waals surface area contributed by atoms with Gasteiger partial charge in [-0.15, -0.1) is 0 Å². The topological polar surface area (TPSA) is 49.7 Å². The Bertz CT molecular complexity index is 45.5. The summed E-state index contributed by atoms with van der Waals surface area (Å²) in [5.74, 6) is 0. The molecule has 0 bridgehead atoms. The summed E-state index contributed by atoms with van der Waals surface area (Å²) in [4.78, 5) is 0. The van der Waals surface area contributed by atoms with E-state index in [1.165, 1.54) is 8.05 Å². The van der Waals surface area contributed by atoms with Crippen LogP contribution in [0.1, 0.15) is 0 Å². The van der Waals surface area contributed by atoms with E-state index in [2.05, 4.69) is 4.65 Å². The van der Waals surface area contributed by atoms with Gasteiger partial charge in [0.15, 0.2) is 0 Å². The standard InChI is InChI=1S/C3H9BO3.Na.H/c4-7-2-3(6)1-5;;/h3,5-6H,1-2,4H2;;. The second-order valence-corrected chi connectivity index (χ2v) is 1.29. The van der Waals surface area contributed by atoms with Gasteiger partial charge in [0.05, 0.1) is 19.3 Å². The third kappa shape index (κ3) is 6.94. The SMILES string of the molecule is BOCC(O)CO.[NaH]. The van der Waals surface area contributed by atoms with Crippen molar-refractivity contribution in [1.29, 1.82) is 0 Å². The van der Waals surface area contributed by atoms with E-state index in [0.717, 1.165) is 0 Å². The molecule has 1 atom stereocenters. The maximum absolute atomic E-state index is 8.48. The van der Waals surface area contributed by atoms with E-state index in [4.69, 9.17) is 10.2 Å². The molecule has 0 aromatic rings. The summed E-state index contributed by atoms with van der Waals surface area (Å²) < 4.78 is 4.48. The van der Waals surface area contributed by atoms with Crippen LogP contribution in [0.2, 0.25) is 0 Å². The van der Waals surface area contributed by atoms with E-state index in [-0.39, 0.29) is 42.8 Å². The van der Waals surface area contributed by atoms with Crippen LogP contribution in [0.3, 0.4) is 0 Å². The van der Waals surface area contributed by atoms with Crippen molar-refractivity contribution in [3.63, 3.8) is 0 Å². The number of hydrogen-bond acceptors (Lipinski definition) is 3. The molecular weight excluding hydrogens is 118 g/mol. The van der Waals surface area contributed by atoms with E-state index in [1.807, 2.05) is 0 Å². The fraction of sp³-hybridized carbons (Fsp3) is 1.00. The number of rotatable bonds is 3. The second-order valence-electron chi connectivity index (χ2n) is 1.29.